The molecule has 0 aliphatic heterocycles. The third kappa shape index (κ3) is 3.28. The first-order chi connectivity index (χ1) is 8.57. The van der Waals surface area contributed by atoms with E-state index in [0.717, 1.165) is 37.1 Å². The molecule has 1 aliphatic rings. The number of aryl methyl sites for hydroxylation is 1. The number of carbonyl (C=O) groups is 1. The zero-order chi connectivity index (χ0) is 13.2. The van der Waals surface area contributed by atoms with E-state index in [1.807, 2.05) is 20.0 Å². The summed E-state index contributed by atoms with van der Waals surface area (Å²) in [6.07, 6.45) is 4.01. The summed E-state index contributed by atoms with van der Waals surface area (Å²) in [5, 5.41) is 3.91. The Bertz CT molecular complexity index is 427. The highest BCUT2D eigenvalue weighted by Crippen LogP contribution is 2.38. The summed E-state index contributed by atoms with van der Waals surface area (Å²) in [4.78, 5) is 14.2. The van der Waals surface area contributed by atoms with Gasteiger partial charge in [-0.1, -0.05) is 18.0 Å². The number of amides is 1. The van der Waals surface area contributed by atoms with Crippen LogP contribution in [0.4, 0.5) is 0 Å². The topological polar surface area (TPSA) is 72.4 Å². The van der Waals surface area contributed by atoms with Gasteiger partial charge in [-0.3, -0.25) is 4.79 Å². The maximum Gasteiger partial charge on any atom is 0.230 e. The van der Waals surface area contributed by atoms with Crippen molar-refractivity contribution in [1.29, 1.82) is 0 Å². The van der Waals surface area contributed by atoms with Gasteiger partial charge in [0, 0.05) is 19.7 Å². The van der Waals surface area contributed by atoms with E-state index in [-0.39, 0.29) is 23.7 Å². The quantitative estimate of drug-likeness (QED) is 0.918. The lowest BCUT2D eigenvalue weighted by Crippen LogP contribution is -2.44. The van der Waals surface area contributed by atoms with Crippen molar-refractivity contribution in [3.8, 4) is 0 Å². The van der Waals surface area contributed by atoms with Crippen LogP contribution in [0.25, 0.3) is 0 Å². The van der Waals surface area contributed by atoms with E-state index in [1.165, 1.54) is 0 Å². The number of nitrogens with zero attached hydrogens (tertiary/aromatic N) is 2. The normalized spacial score (nSPS) is 17.0. The Labute approximate surface area is 119 Å². The lowest BCUT2D eigenvalue weighted by molar-refractivity contribution is -0.140. The summed E-state index contributed by atoms with van der Waals surface area (Å²) in [6.45, 7) is 2.77. The third-order valence-electron chi connectivity index (χ3n) is 3.83. The van der Waals surface area contributed by atoms with Gasteiger partial charge in [-0.05, 0) is 19.8 Å². The number of rotatable bonds is 4. The van der Waals surface area contributed by atoms with Crippen molar-refractivity contribution in [2.45, 2.75) is 39.2 Å². The molecule has 0 atom stereocenters. The van der Waals surface area contributed by atoms with Gasteiger partial charge < -0.3 is 15.2 Å². The molecule has 2 rings (SSSR count). The fourth-order valence-electron chi connectivity index (χ4n) is 2.77. The molecule has 2 N–H and O–H groups in total. The molecule has 0 aromatic carbocycles. The van der Waals surface area contributed by atoms with Gasteiger partial charge in [0.2, 0.25) is 5.91 Å². The first-order valence-corrected chi connectivity index (χ1v) is 6.45. The van der Waals surface area contributed by atoms with Gasteiger partial charge in [-0.2, -0.15) is 0 Å². The molecule has 0 saturated heterocycles. The van der Waals surface area contributed by atoms with Crippen molar-refractivity contribution in [1.82, 2.24) is 10.1 Å². The second-order valence-electron chi connectivity index (χ2n) is 5.28. The zero-order valence-corrected chi connectivity index (χ0v) is 12.3. The molecule has 5 nitrogen and oxygen atoms in total. The second kappa shape index (κ2) is 6.39. The van der Waals surface area contributed by atoms with E-state index in [2.05, 4.69) is 5.16 Å². The molecule has 1 aliphatic carbocycles. The summed E-state index contributed by atoms with van der Waals surface area (Å²) in [7, 11) is 1.81. The highest BCUT2D eigenvalue weighted by atomic mass is 35.5. The molecular formula is C13H22ClN3O2. The first kappa shape index (κ1) is 16.0. The van der Waals surface area contributed by atoms with E-state index in [0.29, 0.717) is 13.1 Å². The van der Waals surface area contributed by atoms with E-state index >= 15 is 0 Å². The van der Waals surface area contributed by atoms with Gasteiger partial charge in [0.05, 0.1) is 12.0 Å². The second-order valence-corrected chi connectivity index (χ2v) is 5.28. The first-order valence-electron chi connectivity index (χ1n) is 6.45. The summed E-state index contributed by atoms with van der Waals surface area (Å²) in [6, 6.07) is 1.85. The summed E-state index contributed by atoms with van der Waals surface area (Å²) in [5.41, 5.74) is 6.27. The Hall–Kier alpha value is -1.07. The van der Waals surface area contributed by atoms with Crippen LogP contribution in [-0.2, 0) is 11.3 Å². The molecule has 19 heavy (non-hydrogen) atoms. The summed E-state index contributed by atoms with van der Waals surface area (Å²) < 4.78 is 5.01. The highest BCUT2D eigenvalue weighted by molar-refractivity contribution is 5.85. The van der Waals surface area contributed by atoms with E-state index in [1.54, 1.807) is 4.90 Å². The van der Waals surface area contributed by atoms with Crippen molar-refractivity contribution < 1.29 is 9.32 Å². The van der Waals surface area contributed by atoms with Crippen LogP contribution in [0, 0.1) is 12.3 Å². The molecule has 0 bridgehead atoms. The van der Waals surface area contributed by atoms with E-state index < -0.39 is 0 Å². The van der Waals surface area contributed by atoms with Crippen LogP contribution in [-0.4, -0.2) is 29.6 Å². The maximum atomic E-state index is 12.5. The molecule has 1 aromatic rings. The van der Waals surface area contributed by atoms with Crippen molar-refractivity contribution in [2.24, 2.45) is 11.1 Å². The van der Waals surface area contributed by atoms with Crippen molar-refractivity contribution in [3.63, 3.8) is 0 Å². The number of carbonyl (C=O) groups excluding carboxylic acids is 1. The van der Waals surface area contributed by atoms with Crippen LogP contribution in [0.2, 0.25) is 0 Å². The fraction of sp³-hybridized carbons (Fsp3) is 0.692. The minimum atomic E-state index is -0.340. The number of hydrogen-bond acceptors (Lipinski definition) is 4. The molecule has 1 heterocycles. The maximum absolute atomic E-state index is 12.5. The van der Waals surface area contributed by atoms with Gasteiger partial charge in [0.15, 0.2) is 0 Å². The molecule has 6 heteroatoms. The number of halogens is 1. The molecule has 0 radical (unpaired) electrons. The average molecular weight is 288 g/mol. The van der Waals surface area contributed by atoms with Crippen LogP contribution < -0.4 is 5.73 Å². The molecule has 1 amide bonds. The minimum Gasteiger partial charge on any atom is -0.361 e. The Kier molecular flexibility index (Phi) is 5.38. The zero-order valence-electron chi connectivity index (χ0n) is 11.5. The predicted molar refractivity (Wildman–Crippen MR) is 74.9 cm³/mol. The van der Waals surface area contributed by atoms with Crippen molar-refractivity contribution in [3.05, 3.63) is 17.5 Å². The minimum absolute atomic E-state index is 0. The predicted octanol–water partition coefficient (Wildman–Crippen LogP) is 1.88. The molecule has 0 spiro atoms. The van der Waals surface area contributed by atoms with Crippen LogP contribution in [0.5, 0.6) is 0 Å². The van der Waals surface area contributed by atoms with Crippen LogP contribution in [0.1, 0.15) is 37.1 Å². The molecule has 0 unspecified atom stereocenters. The summed E-state index contributed by atoms with van der Waals surface area (Å²) in [5.74, 6) is 0.906. The van der Waals surface area contributed by atoms with Gasteiger partial charge in [0.25, 0.3) is 0 Å². The standard InChI is InChI=1S/C13H21N3O2.ClH/c1-10-7-11(15-18-10)8-16(2)12(17)13(9-14)5-3-4-6-13;/h7H,3-6,8-9,14H2,1-2H3;1H. The number of nitrogens with two attached hydrogens (primary N) is 1. The Morgan fingerprint density at radius 3 is 2.63 bits per heavy atom. The largest absolute Gasteiger partial charge is 0.361 e. The lowest BCUT2D eigenvalue weighted by atomic mass is 9.84. The van der Waals surface area contributed by atoms with Crippen molar-refractivity contribution >= 4 is 18.3 Å². The van der Waals surface area contributed by atoms with Gasteiger partial charge >= 0.3 is 0 Å². The molecular weight excluding hydrogens is 266 g/mol. The third-order valence-corrected chi connectivity index (χ3v) is 3.83. The van der Waals surface area contributed by atoms with Gasteiger partial charge in [-0.15, -0.1) is 12.4 Å². The smallest absolute Gasteiger partial charge is 0.230 e. The Morgan fingerprint density at radius 2 is 2.16 bits per heavy atom. The number of aromatic nitrogens is 1. The van der Waals surface area contributed by atoms with E-state index in [4.69, 9.17) is 10.3 Å². The van der Waals surface area contributed by atoms with Crippen LogP contribution in [0.15, 0.2) is 10.6 Å². The SMILES string of the molecule is Cc1cc(CN(C)C(=O)C2(CN)CCCC2)no1.Cl. The van der Waals surface area contributed by atoms with Crippen molar-refractivity contribution in [2.75, 3.05) is 13.6 Å². The number of hydrogen-bond donors (Lipinski definition) is 1. The molecule has 1 saturated carbocycles. The van der Waals surface area contributed by atoms with E-state index in [9.17, 15) is 4.79 Å². The van der Waals surface area contributed by atoms with Gasteiger partial charge in [0.1, 0.15) is 11.5 Å². The monoisotopic (exact) mass is 287 g/mol. The van der Waals surface area contributed by atoms with Crippen LogP contribution in [0.3, 0.4) is 0 Å². The average Bonchev–Trinajstić information content (AvgIpc) is 2.98. The molecule has 108 valence electrons. The van der Waals surface area contributed by atoms with Crippen LogP contribution >= 0.6 is 12.4 Å². The lowest BCUT2D eigenvalue weighted by Gasteiger charge is -2.30. The Balaban J connectivity index is 0.00000180. The fourth-order valence-corrected chi connectivity index (χ4v) is 2.77. The summed E-state index contributed by atoms with van der Waals surface area (Å²) >= 11 is 0. The highest BCUT2D eigenvalue weighted by Gasteiger charge is 2.41. The van der Waals surface area contributed by atoms with Gasteiger partial charge in [-0.25, -0.2) is 0 Å². The Morgan fingerprint density at radius 1 is 1.53 bits per heavy atom. The molecule has 1 fully saturated rings. The molecule has 1 aromatic heterocycles.